The average molecular weight is 404 g/mol. The van der Waals surface area contributed by atoms with E-state index in [2.05, 4.69) is 24.5 Å². The zero-order valence-corrected chi connectivity index (χ0v) is 17.9. The molecule has 7 heteroatoms. The summed E-state index contributed by atoms with van der Waals surface area (Å²) in [5.41, 5.74) is -0.482. The van der Waals surface area contributed by atoms with Gasteiger partial charge in [-0.25, -0.2) is 4.79 Å². The Hall–Kier alpha value is -2.57. The average Bonchev–Trinajstić information content (AvgIpc) is 2.99. The van der Waals surface area contributed by atoms with Gasteiger partial charge in [-0.1, -0.05) is 52.2 Å². The highest BCUT2D eigenvalue weighted by atomic mass is 16.5. The molecule has 2 atom stereocenters. The van der Waals surface area contributed by atoms with E-state index < -0.39 is 17.5 Å². The van der Waals surface area contributed by atoms with Gasteiger partial charge in [0.15, 0.2) is 0 Å². The van der Waals surface area contributed by atoms with Crippen LogP contribution in [0.3, 0.4) is 0 Å². The molecule has 0 spiro atoms. The van der Waals surface area contributed by atoms with E-state index in [4.69, 9.17) is 4.74 Å². The van der Waals surface area contributed by atoms with Crippen LogP contribution in [0.5, 0.6) is 5.75 Å². The van der Waals surface area contributed by atoms with Crippen LogP contribution in [0.15, 0.2) is 24.3 Å². The quantitative estimate of drug-likeness (QED) is 0.556. The SMILES string of the molecule is CCCC[C@H](CC)CNC(=O)CN1C(=O)N[C@](CC)(c2ccc(OC)cc2)C1=O. The largest absolute Gasteiger partial charge is 0.497 e. The smallest absolute Gasteiger partial charge is 0.325 e. The van der Waals surface area contributed by atoms with Crippen LogP contribution in [-0.4, -0.2) is 42.9 Å². The van der Waals surface area contributed by atoms with Crippen molar-refractivity contribution in [2.75, 3.05) is 20.2 Å². The lowest BCUT2D eigenvalue weighted by molar-refractivity contribution is -0.135. The maximum Gasteiger partial charge on any atom is 0.325 e. The zero-order chi connectivity index (χ0) is 21.4. The third kappa shape index (κ3) is 5.08. The Morgan fingerprint density at radius 3 is 2.45 bits per heavy atom. The first-order chi connectivity index (χ1) is 13.9. The number of rotatable bonds is 11. The minimum atomic E-state index is -1.16. The molecule has 0 bridgehead atoms. The predicted octanol–water partition coefficient (Wildman–Crippen LogP) is 3.18. The van der Waals surface area contributed by atoms with Gasteiger partial charge in [-0.2, -0.15) is 0 Å². The minimum absolute atomic E-state index is 0.271. The summed E-state index contributed by atoms with van der Waals surface area (Å²) in [7, 11) is 1.57. The van der Waals surface area contributed by atoms with Crippen molar-refractivity contribution < 1.29 is 19.1 Å². The number of urea groups is 1. The van der Waals surface area contributed by atoms with Crippen LogP contribution in [0, 0.1) is 5.92 Å². The van der Waals surface area contributed by atoms with Gasteiger partial charge in [0, 0.05) is 6.54 Å². The van der Waals surface area contributed by atoms with Crippen molar-refractivity contribution in [2.45, 2.75) is 58.4 Å². The summed E-state index contributed by atoms with van der Waals surface area (Å²) < 4.78 is 5.16. The summed E-state index contributed by atoms with van der Waals surface area (Å²) in [6.45, 7) is 6.38. The van der Waals surface area contributed by atoms with E-state index in [-0.39, 0.29) is 12.5 Å². The van der Waals surface area contributed by atoms with Crippen molar-refractivity contribution in [1.29, 1.82) is 0 Å². The number of nitrogens with one attached hydrogen (secondary N) is 2. The number of nitrogens with zero attached hydrogens (tertiary/aromatic N) is 1. The Morgan fingerprint density at radius 1 is 1.21 bits per heavy atom. The van der Waals surface area contributed by atoms with Crippen molar-refractivity contribution in [1.82, 2.24) is 15.5 Å². The molecule has 1 heterocycles. The van der Waals surface area contributed by atoms with Crippen LogP contribution < -0.4 is 15.4 Å². The highest BCUT2D eigenvalue weighted by molar-refractivity contribution is 6.09. The fourth-order valence-corrected chi connectivity index (χ4v) is 3.69. The van der Waals surface area contributed by atoms with E-state index in [0.29, 0.717) is 30.2 Å². The third-order valence-corrected chi connectivity index (χ3v) is 5.72. The first-order valence-corrected chi connectivity index (χ1v) is 10.5. The number of methoxy groups -OCH3 is 1. The number of unbranched alkanes of at least 4 members (excludes halogenated alkanes) is 1. The first-order valence-electron chi connectivity index (χ1n) is 10.5. The molecule has 0 saturated carbocycles. The number of hydrogen-bond donors (Lipinski definition) is 2. The summed E-state index contributed by atoms with van der Waals surface area (Å²) in [6, 6.07) is 6.50. The van der Waals surface area contributed by atoms with Gasteiger partial charge in [0.2, 0.25) is 5.91 Å². The zero-order valence-electron chi connectivity index (χ0n) is 17.9. The monoisotopic (exact) mass is 403 g/mol. The summed E-state index contributed by atoms with van der Waals surface area (Å²) in [5, 5.41) is 5.68. The number of imide groups is 1. The van der Waals surface area contributed by atoms with Gasteiger partial charge in [-0.3, -0.25) is 14.5 Å². The normalized spacial score (nSPS) is 19.8. The lowest BCUT2D eigenvalue weighted by Gasteiger charge is -2.26. The second-order valence-electron chi connectivity index (χ2n) is 7.53. The highest BCUT2D eigenvalue weighted by Gasteiger charge is 2.51. The molecule has 1 saturated heterocycles. The van der Waals surface area contributed by atoms with E-state index in [1.54, 1.807) is 31.4 Å². The minimum Gasteiger partial charge on any atom is -0.497 e. The second kappa shape index (κ2) is 10.3. The van der Waals surface area contributed by atoms with E-state index in [0.717, 1.165) is 30.6 Å². The standard InChI is InChI=1S/C22H33N3O4/c1-5-8-9-16(6-2)14-23-19(26)15-25-20(27)22(7-3,24-21(25)28)17-10-12-18(29-4)13-11-17/h10-13,16H,5-9,14-15H2,1-4H3,(H,23,26)(H,24,28)/t16-,22+/m0/s1. The fraction of sp³-hybridized carbons (Fsp3) is 0.591. The lowest BCUT2D eigenvalue weighted by Crippen LogP contribution is -2.45. The summed E-state index contributed by atoms with van der Waals surface area (Å²) in [6.07, 6.45) is 4.68. The van der Waals surface area contributed by atoms with Gasteiger partial charge in [0.1, 0.15) is 17.8 Å². The lowest BCUT2D eigenvalue weighted by atomic mass is 9.87. The van der Waals surface area contributed by atoms with Crippen LogP contribution in [0.4, 0.5) is 4.79 Å². The van der Waals surface area contributed by atoms with Crippen LogP contribution in [0.1, 0.15) is 58.4 Å². The Balaban J connectivity index is 2.05. The molecule has 0 unspecified atom stereocenters. The van der Waals surface area contributed by atoms with Gasteiger partial charge < -0.3 is 15.4 Å². The summed E-state index contributed by atoms with van der Waals surface area (Å²) in [4.78, 5) is 39.1. The van der Waals surface area contributed by atoms with E-state index in [9.17, 15) is 14.4 Å². The molecule has 160 valence electrons. The van der Waals surface area contributed by atoms with Crippen LogP contribution in [0.2, 0.25) is 0 Å². The van der Waals surface area contributed by atoms with Crippen molar-refractivity contribution in [2.24, 2.45) is 5.92 Å². The molecule has 1 fully saturated rings. The second-order valence-corrected chi connectivity index (χ2v) is 7.53. The molecule has 1 aromatic carbocycles. The molecule has 0 aliphatic carbocycles. The molecule has 2 rings (SSSR count). The Bertz CT molecular complexity index is 719. The third-order valence-electron chi connectivity index (χ3n) is 5.72. The predicted molar refractivity (Wildman–Crippen MR) is 112 cm³/mol. The molecule has 0 radical (unpaired) electrons. The van der Waals surface area contributed by atoms with Gasteiger partial charge in [0.25, 0.3) is 5.91 Å². The molecule has 1 aliphatic heterocycles. The fourth-order valence-electron chi connectivity index (χ4n) is 3.69. The molecule has 4 amide bonds. The van der Waals surface area contributed by atoms with Crippen molar-refractivity contribution >= 4 is 17.8 Å². The number of carbonyl (C=O) groups is 3. The summed E-state index contributed by atoms with van der Waals surface area (Å²) in [5.74, 6) is 0.367. The molecular weight excluding hydrogens is 370 g/mol. The highest BCUT2D eigenvalue weighted by Crippen LogP contribution is 2.33. The van der Waals surface area contributed by atoms with Crippen molar-refractivity contribution in [3.8, 4) is 5.75 Å². The van der Waals surface area contributed by atoms with Gasteiger partial charge >= 0.3 is 6.03 Å². The molecule has 1 aromatic rings. The van der Waals surface area contributed by atoms with Crippen molar-refractivity contribution in [3.05, 3.63) is 29.8 Å². The van der Waals surface area contributed by atoms with E-state index >= 15 is 0 Å². The Labute approximate surface area is 173 Å². The van der Waals surface area contributed by atoms with E-state index in [1.807, 2.05) is 6.92 Å². The maximum absolute atomic E-state index is 13.1. The number of amides is 4. The number of benzene rings is 1. The van der Waals surface area contributed by atoms with Gasteiger partial charge in [-0.05, 0) is 36.5 Å². The summed E-state index contributed by atoms with van der Waals surface area (Å²) >= 11 is 0. The molecule has 29 heavy (non-hydrogen) atoms. The van der Waals surface area contributed by atoms with Crippen LogP contribution >= 0.6 is 0 Å². The molecule has 2 N–H and O–H groups in total. The number of hydrogen-bond acceptors (Lipinski definition) is 4. The molecule has 7 nitrogen and oxygen atoms in total. The van der Waals surface area contributed by atoms with Gasteiger partial charge in [-0.15, -0.1) is 0 Å². The van der Waals surface area contributed by atoms with Crippen molar-refractivity contribution in [3.63, 3.8) is 0 Å². The first kappa shape index (κ1) is 22.7. The van der Waals surface area contributed by atoms with Crippen LogP contribution in [-0.2, 0) is 15.1 Å². The topological polar surface area (TPSA) is 87.7 Å². The Kier molecular flexibility index (Phi) is 8.05. The van der Waals surface area contributed by atoms with E-state index in [1.165, 1.54) is 0 Å². The number of carbonyl (C=O) groups excluding carboxylic acids is 3. The molecule has 0 aromatic heterocycles. The molecular formula is C22H33N3O4. The van der Waals surface area contributed by atoms with Crippen LogP contribution in [0.25, 0.3) is 0 Å². The molecule has 1 aliphatic rings. The Morgan fingerprint density at radius 2 is 1.90 bits per heavy atom. The maximum atomic E-state index is 13.1. The van der Waals surface area contributed by atoms with Gasteiger partial charge in [0.05, 0.1) is 7.11 Å². The number of ether oxygens (including phenoxy) is 1.